The van der Waals surface area contributed by atoms with Crippen molar-refractivity contribution >= 4 is 27.6 Å². The Labute approximate surface area is 189 Å². The molecule has 0 radical (unpaired) electrons. The van der Waals surface area contributed by atoms with E-state index in [1.54, 1.807) is 0 Å². The maximum absolute atomic E-state index is 13.2. The number of aromatic nitrogens is 1. The molecule has 0 aromatic carbocycles. The van der Waals surface area contributed by atoms with Gasteiger partial charge in [0, 0.05) is 31.7 Å². The van der Waals surface area contributed by atoms with Gasteiger partial charge in [-0.1, -0.05) is 13.8 Å². The number of anilines is 1. The molecular formula is C23H38BrN2O4+. The first-order valence-corrected chi connectivity index (χ1v) is 11.5. The van der Waals surface area contributed by atoms with Gasteiger partial charge in [-0.05, 0) is 68.8 Å². The monoisotopic (exact) mass is 485 g/mol. The molecule has 1 atom stereocenters. The molecule has 0 bridgehead atoms. The Hall–Kier alpha value is -1.34. The van der Waals surface area contributed by atoms with E-state index in [0.717, 1.165) is 40.8 Å². The van der Waals surface area contributed by atoms with Gasteiger partial charge < -0.3 is 14.4 Å². The summed E-state index contributed by atoms with van der Waals surface area (Å²) in [4.78, 5) is 15.5. The zero-order chi connectivity index (χ0) is 23.0. The first-order chi connectivity index (χ1) is 13.6. The fourth-order valence-electron chi connectivity index (χ4n) is 3.75. The smallest absolute Gasteiger partial charge is 0.340 e. The van der Waals surface area contributed by atoms with Crippen LogP contribution in [-0.4, -0.2) is 36.0 Å². The summed E-state index contributed by atoms with van der Waals surface area (Å²) in [5.41, 5.74) is 2.52. The summed E-state index contributed by atoms with van der Waals surface area (Å²) in [5, 5.41) is 10.7. The lowest BCUT2D eigenvalue weighted by Gasteiger charge is -2.40. The molecule has 0 saturated carbocycles. The van der Waals surface area contributed by atoms with Gasteiger partial charge in [-0.2, -0.15) is 0 Å². The standard InChI is InChI=1S/C23H38BrN2O4/c1-14(2)29-21(27)20(30-22(5,6)7)17-15(3)26(28)16(4)18(24)19(17)25-12-10-23(8,9)11-13-25/h14,20,28H,10-13H2,1-9H3/q+1/t20-/m0/s1. The molecule has 1 aliphatic rings. The van der Waals surface area contributed by atoms with Crippen molar-refractivity contribution in [3.05, 3.63) is 21.4 Å². The van der Waals surface area contributed by atoms with Gasteiger partial charge >= 0.3 is 5.97 Å². The van der Waals surface area contributed by atoms with Gasteiger partial charge in [-0.15, -0.1) is 0 Å². The third-order valence-corrected chi connectivity index (χ3v) is 6.49. The molecule has 1 fully saturated rings. The highest BCUT2D eigenvalue weighted by Crippen LogP contribution is 2.42. The zero-order valence-corrected chi connectivity index (χ0v) is 21.5. The molecule has 1 aromatic heterocycles. The van der Waals surface area contributed by atoms with Crippen LogP contribution in [-0.2, 0) is 14.3 Å². The second-order valence-corrected chi connectivity index (χ2v) is 11.1. The Morgan fingerprint density at radius 1 is 1.17 bits per heavy atom. The average molecular weight is 486 g/mol. The van der Waals surface area contributed by atoms with Gasteiger partial charge in [0.05, 0.1) is 23.0 Å². The fraction of sp³-hybridized carbons (Fsp3) is 0.739. The second kappa shape index (κ2) is 9.03. The number of halogens is 1. The molecule has 0 aliphatic carbocycles. The highest BCUT2D eigenvalue weighted by atomic mass is 79.9. The molecule has 2 heterocycles. The van der Waals surface area contributed by atoms with E-state index in [9.17, 15) is 10.0 Å². The number of piperidine rings is 1. The SMILES string of the molecule is Cc1c(Br)c(N2CCC(C)(C)CC2)c([C@H](OC(C)(C)C)C(=O)OC(C)C)c(C)[n+]1O. The van der Waals surface area contributed by atoms with Crippen LogP contribution < -0.4 is 9.63 Å². The summed E-state index contributed by atoms with van der Waals surface area (Å²) >= 11 is 3.70. The number of carbonyl (C=O) groups is 1. The van der Waals surface area contributed by atoms with Crippen LogP contribution in [0.2, 0.25) is 0 Å². The maximum atomic E-state index is 13.2. The Balaban J connectivity index is 2.68. The summed E-state index contributed by atoms with van der Waals surface area (Å²) < 4.78 is 13.7. The molecule has 30 heavy (non-hydrogen) atoms. The molecule has 7 heteroatoms. The Kier molecular flexibility index (Phi) is 7.50. The van der Waals surface area contributed by atoms with E-state index in [-0.39, 0.29) is 11.5 Å². The van der Waals surface area contributed by atoms with Crippen LogP contribution >= 0.6 is 15.9 Å². The van der Waals surface area contributed by atoms with Crippen LogP contribution in [0.1, 0.15) is 84.4 Å². The third kappa shape index (κ3) is 5.67. The second-order valence-electron chi connectivity index (χ2n) is 10.3. The first-order valence-electron chi connectivity index (χ1n) is 10.7. The minimum Gasteiger partial charge on any atom is -0.461 e. The van der Waals surface area contributed by atoms with Crippen LogP contribution in [0.5, 0.6) is 0 Å². The normalized spacial score (nSPS) is 17.9. The van der Waals surface area contributed by atoms with Gasteiger partial charge in [0.1, 0.15) is 4.47 Å². The van der Waals surface area contributed by atoms with Crippen molar-refractivity contribution < 1.29 is 24.2 Å². The molecule has 170 valence electrons. The number of ether oxygens (including phenoxy) is 2. The van der Waals surface area contributed by atoms with Crippen molar-refractivity contribution in [3.8, 4) is 0 Å². The Morgan fingerprint density at radius 2 is 1.70 bits per heavy atom. The number of carbonyl (C=O) groups excluding carboxylic acids is 1. The summed E-state index contributed by atoms with van der Waals surface area (Å²) in [7, 11) is 0. The van der Waals surface area contributed by atoms with Crippen molar-refractivity contribution in [2.75, 3.05) is 18.0 Å². The van der Waals surface area contributed by atoms with Crippen molar-refractivity contribution in [2.24, 2.45) is 5.41 Å². The zero-order valence-electron chi connectivity index (χ0n) is 19.9. The number of esters is 1. The van der Waals surface area contributed by atoms with Crippen molar-refractivity contribution in [2.45, 2.75) is 93.0 Å². The van der Waals surface area contributed by atoms with Crippen LogP contribution in [0, 0.1) is 19.3 Å². The Bertz CT molecular complexity index is 790. The fourth-order valence-corrected chi connectivity index (χ4v) is 4.38. The molecule has 2 rings (SSSR count). The van der Waals surface area contributed by atoms with Crippen LogP contribution in [0.15, 0.2) is 4.47 Å². The van der Waals surface area contributed by atoms with Gasteiger partial charge in [0.2, 0.25) is 11.4 Å². The predicted molar refractivity (Wildman–Crippen MR) is 121 cm³/mol. The molecule has 1 aliphatic heterocycles. The number of nitrogens with zero attached hydrogens (tertiary/aromatic N) is 2. The quantitative estimate of drug-likeness (QED) is 0.360. The van der Waals surface area contributed by atoms with Gasteiger partial charge in [-0.25, -0.2) is 4.79 Å². The van der Waals surface area contributed by atoms with Gasteiger partial charge in [0.15, 0.2) is 6.10 Å². The molecule has 1 aromatic rings. The minimum atomic E-state index is -0.951. The van der Waals surface area contributed by atoms with E-state index < -0.39 is 17.7 Å². The van der Waals surface area contributed by atoms with E-state index in [0.29, 0.717) is 17.0 Å². The predicted octanol–water partition coefficient (Wildman–Crippen LogP) is 5.02. The summed E-state index contributed by atoms with van der Waals surface area (Å²) in [5.74, 6) is -0.447. The highest BCUT2D eigenvalue weighted by molar-refractivity contribution is 9.10. The molecular weight excluding hydrogens is 448 g/mol. The summed E-state index contributed by atoms with van der Waals surface area (Å²) in [6.07, 6.45) is 0.879. The molecule has 0 spiro atoms. The molecule has 6 nitrogen and oxygen atoms in total. The van der Waals surface area contributed by atoms with Crippen molar-refractivity contribution in [1.29, 1.82) is 0 Å². The lowest BCUT2D eigenvalue weighted by molar-refractivity contribution is -0.913. The van der Waals surface area contributed by atoms with E-state index in [1.807, 2.05) is 48.5 Å². The Morgan fingerprint density at radius 3 is 2.17 bits per heavy atom. The number of hydrogen-bond acceptors (Lipinski definition) is 5. The molecule has 0 unspecified atom stereocenters. The van der Waals surface area contributed by atoms with Crippen molar-refractivity contribution in [3.63, 3.8) is 0 Å². The van der Waals surface area contributed by atoms with Gasteiger partial charge in [-0.3, -0.25) is 5.21 Å². The molecule has 0 amide bonds. The maximum Gasteiger partial charge on any atom is 0.340 e. The minimum absolute atomic E-state index is 0.266. The number of pyridine rings is 1. The number of rotatable bonds is 5. The lowest BCUT2D eigenvalue weighted by Crippen LogP contribution is -2.44. The van der Waals surface area contributed by atoms with E-state index in [2.05, 4.69) is 34.7 Å². The van der Waals surface area contributed by atoms with E-state index in [4.69, 9.17) is 9.47 Å². The van der Waals surface area contributed by atoms with Gasteiger partial charge in [0.25, 0.3) is 0 Å². The van der Waals surface area contributed by atoms with Crippen molar-refractivity contribution in [1.82, 2.24) is 0 Å². The first kappa shape index (κ1) is 24.9. The largest absolute Gasteiger partial charge is 0.461 e. The molecule has 1 saturated heterocycles. The van der Waals surface area contributed by atoms with E-state index in [1.165, 1.54) is 0 Å². The highest BCUT2D eigenvalue weighted by Gasteiger charge is 2.41. The van der Waals surface area contributed by atoms with Crippen LogP contribution in [0.4, 0.5) is 5.69 Å². The van der Waals surface area contributed by atoms with E-state index >= 15 is 0 Å². The summed E-state index contributed by atoms with van der Waals surface area (Å²) in [6.45, 7) is 19.4. The number of hydrogen-bond donors (Lipinski definition) is 1. The van der Waals surface area contributed by atoms with Crippen LogP contribution in [0.25, 0.3) is 0 Å². The average Bonchev–Trinajstić information content (AvgIpc) is 2.60. The molecule has 1 N–H and O–H groups in total. The third-order valence-electron chi connectivity index (χ3n) is 5.54. The van der Waals surface area contributed by atoms with Crippen LogP contribution in [0.3, 0.4) is 0 Å². The summed E-state index contributed by atoms with van der Waals surface area (Å²) in [6, 6.07) is 0. The topological polar surface area (TPSA) is 62.9 Å². The lowest BCUT2D eigenvalue weighted by atomic mass is 9.82.